The van der Waals surface area contributed by atoms with Crippen LogP contribution >= 0.6 is 0 Å². The largest absolute Gasteiger partial charge is 0.295 e. The highest BCUT2D eigenvalue weighted by Crippen LogP contribution is 2.22. The van der Waals surface area contributed by atoms with Gasteiger partial charge >= 0.3 is 0 Å². The van der Waals surface area contributed by atoms with Gasteiger partial charge in [-0.15, -0.1) is 0 Å². The summed E-state index contributed by atoms with van der Waals surface area (Å²) in [5.74, 6) is 0.613. The Labute approximate surface area is 79.8 Å². The van der Waals surface area contributed by atoms with Crippen molar-refractivity contribution in [1.29, 1.82) is 0 Å². The van der Waals surface area contributed by atoms with Gasteiger partial charge in [0.25, 0.3) is 0 Å². The van der Waals surface area contributed by atoms with E-state index in [1.165, 1.54) is 0 Å². The van der Waals surface area contributed by atoms with Crippen molar-refractivity contribution in [2.45, 2.75) is 33.6 Å². The average Bonchev–Trinajstić information content (AvgIpc) is 2.26. The number of carbonyl (C=O) groups excluding carboxylic acids is 1. The summed E-state index contributed by atoms with van der Waals surface area (Å²) in [7, 11) is 0. The standard InChI is InChI=1S/C11H17NO/c1-4-10-5-6-12-8(2)7-11(10)9(3)13/h7,10H,4-6H2,1-3H3. The van der Waals surface area contributed by atoms with Crippen LogP contribution in [-0.4, -0.2) is 18.0 Å². The van der Waals surface area contributed by atoms with Crippen LogP contribution < -0.4 is 0 Å². The van der Waals surface area contributed by atoms with Gasteiger partial charge in [-0.25, -0.2) is 0 Å². The van der Waals surface area contributed by atoms with Gasteiger partial charge in [0.1, 0.15) is 0 Å². The van der Waals surface area contributed by atoms with E-state index in [0.717, 1.165) is 30.7 Å². The second-order valence-electron chi connectivity index (χ2n) is 3.57. The zero-order valence-electron chi connectivity index (χ0n) is 8.63. The molecule has 0 aliphatic carbocycles. The van der Waals surface area contributed by atoms with E-state index >= 15 is 0 Å². The smallest absolute Gasteiger partial charge is 0.156 e. The molecule has 0 N–H and O–H groups in total. The summed E-state index contributed by atoms with van der Waals surface area (Å²) < 4.78 is 0. The van der Waals surface area contributed by atoms with Crippen molar-refractivity contribution in [2.75, 3.05) is 6.54 Å². The predicted molar refractivity (Wildman–Crippen MR) is 55.1 cm³/mol. The first kappa shape index (κ1) is 10.2. The lowest BCUT2D eigenvalue weighted by molar-refractivity contribution is -0.114. The van der Waals surface area contributed by atoms with E-state index in [0.29, 0.717) is 5.92 Å². The molecule has 1 rings (SSSR count). The van der Waals surface area contributed by atoms with E-state index in [4.69, 9.17) is 0 Å². The number of ketones is 1. The Bertz CT molecular complexity index is 263. The molecular weight excluding hydrogens is 162 g/mol. The maximum atomic E-state index is 11.3. The number of allylic oxidation sites excluding steroid dienone is 2. The number of carbonyl (C=O) groups is 1. The molecule has 2 heteroatoms. The minimum absolute atomic E-state index is 0.198. The van der Waals surface area contributed by atoms with E-state index in [1.807, 2.05) is 13.0 Å². The van der Waals surface area contributed by atoms with E-state index < -0.39 is 0 Å². The average molecular weight is 179 g/mol. The minimum atomic E-state index is 0.198. The topological polar surface area (TPSA) is 29.4 Å². The summed E-state index contributed by atoms with van der Waals surface area (Å²) in [5, 5.41) is 0. The van der Waals surface area contributed by atoms with Crippen molar-refractivity contribution in [1.82, 2.24) is 0 Å². The molecule has 0 saturated carbocycles. The third-order valence-electron chi connectivity index (χ3n) is 2.54. The van der Waals surface area contributed by atoms with Crippen molar-refractivity contribution in [2.24, 2.45) is 10.9 Å². The van der Waals surface area contributed by atoms with Crippen molar-refractivity contribution in [3.8, 4) is 0 Å². The number of rotatable bonds is 2. The Balaban J connectivity index is 2.92. The summed E-state index contributed by atoms with van der Waals surface area (Å²) in [6.07, 6.45) is 4.00. The maximum Gasteiger partial charge on any atom is 0.156 e. The number of aliphatic imine (C=N–C) groups is 1. The van der Waals surface area contributed by atoms with E-state index in [9.17, 15) is 4.79 Å². The second-order valence-corrected chi connectivity index (χ2v) is 3.57. The number of hydrogen-bond acceptors (Lipinski definition) is 2. The van der Waals surface area contributed by atoms with Crippen LogP contribution in [-0.2, 0) is 4.79 Å². The molecule has 0 bridgehead atoms. The number of Topliss-reactive ketones (excluding diaryl/α,β-unsaturated/α-hetero) is 1. The van der Waals surface area contributed by atoms with Crippen molar-refractivity contribution in [3.63, 3.8) is 0 Å². The lowest BCUT2D eigenvalue weighted by Crippen LogP contribution is -2.10. The third-order valence-corrected chi connectivity index (χ3v) is 2.54. The Hall–Kier alpha value is -0.920. The normalized spacial score (nSPS) is 23.2. The molecule has 0 saturated heterocycles. The van der Waals surface area contributed by atoms with Crippen LogP contribution in [0.4, 0.5) is 0 Å². The fourth-order valence-electron chi connectivity index (χ4n) is 1.75. The summed E-state index contributed by atoms with van der Waals surface area (Å²) in [6.45, 7) is 6.59. The van der Waals surface area contributed by atoms with Crippen LogP contribution in [0.1, 0.15) is 33.6 Å². The molecular formula is C11H17NO. The Morgan fingerprint density at radius 2 is 2.38 bits per heavy atom. The predicted octanol–water partition coefficient (Wildman–Crippen LogP) is 2.39. The molecule has 1 heterocycles. The van der Waals surface area contributed by atoms with E-state index in [-0.39, 0.29) is 5.78 Å². The van der Waals surface area contributed by atoms with Gasteiger partial charge in [-0.3, -0.25) is 9.79 Å². The first-order valence-corrected chi connectivity index (χ1v) is 4.88. The molecule has 0 aromatic rings. The Kier molecular flexibility index (Phi) is 3.40. The molecule has 0 aromatic heterocycles. The SMILES string of the molecule is CCC1CCN=C(C)C=C1C(C)=O. The summed E-state index contributed by atoms with van der Waals surface area (Å²) in [4.78, 5) is 15.7. The summed E-state index contributed by atoms with van der Waals surface area (Å²) >= 11 is 0. The lowest BCUT2D eigenvalue weighted by Gasteiger charge is -2.13. The molecule has 0 radical (unpaired) electrons. The number of hydrogen-bond donors (Lipinski definition) is 0. The molecule has 1 aliphatic heterocycles. The van der Waals surface area contributed by atoms with Crippen LogP contribution in [0.25, 0.3) is 0 Å². The molecule has 2 nitrogen and oxygen atoms in total. The van der Waals surface area contributed by atoms with E-state index in [2.05, 4.69) is 11.9 Å². The number of nitrogens with zero attached hydrogens (tertiary/aromatic N) is 1. The van der Waals surface area contributed by atoms with Gasteiger partial charge in [-0.2, -0.15) is 0 Å². The van der Waals surface area contributed by atoms with E-state index in [1.54, 1.807) is 6.92 Å². The highest BCUT2D eigenvalue weighted by atomic mass is 16.1. The molecule has 1 aliphatic rings. The van der Waals surface area contributed by atoms with Crippen LogP contribution in [0.3, 0.4) is 0 Å². The van der Waals surface area contributed by atoms with Crippen LogP contribution in [0.5, 0.6) is 0 Å². The zero-order valence-corrected chi connectivity index (χ0v) is 8.63. The summed E-state index contributed by atoms with van der Waals surface area (Å²) in [5.41, 5.74) is 1.95. The molecule has 0 fully saturated rings. The lowest BCUT2D eigenvalue weighted by atomic mass is 9.90. The van der Waals surface area contributed by atoms with Gasteiger partial charge in [0.05, 0.1) is 0 Å². The first-order valence-electron chi connectivity index (χ1n) is 4.88. The van der Waals surface area contributed by atoms with Gasteiger partial charge in [-0.1, -0.05) is 6.92 Å². The first-order chi connectivity index (χ1) is 6.15. The van der Waals surface area contributed by atoms with Gasteiger partial charge in [-0.05, 0) is 44.3 Å². The second kappa shape index (κ2) is 4.35. The minimum Gasteiger partial charge on any atom is -0.295 e. The van der Waals surface area contributed by atoms with Gasteiger partial charge in [0.2, 0.25) is 0 Å². The Morgan fingerprint density at radius 3 is 2.92 bits per heavy atom. The molecule has 0 aromatic carbocycles. The maximum absolute atomic E-state index is 11.3. The molecule has 13 heavy (non-hydrogen) atoms. The fourth-order valence-corrected chi connectivity index (χ4v) is 1.75. The monoisotopic (exact) mass is 179 g/mol. The summed E-state index contributed by atoms with van der Waals surface area (Å²) in [6, 6.07) is 0. The van der Waals surface area contributed by atoms with Crippen LogP contribution in [0.2, 0.25) is 0 Å². The molecule has 1 unspecified atom stereocenters. The van der Waals surface area contributed by atoms with Crippen molar-refractivity contribution in [3.05, 3.63) is 11.6 Å². The third kappa shape index (κ3) is 2.51. The van der Waals surface area contributed by atoms with Crippen molar-refractivity contribution < 1.29 is 4.79 Å². The van der Waals surface area contributed by atoms with Gasteiger partial charge < -0.3 is 0 Å². The molecule has 1 atom stereocenters. The fraction of sp³-hybridized carbons (Fsp3) is 0.636. The zero-order chi connectivity index (χ0) is 9.84. The molecule has 72 valence electrons. The van der Waals surface area contributed by atoms with Crippen LogP contribution in [0, 0.1) is 5.92 Å². The molecule has 0 amide bonds. The van der Waals surface area contributed by atoms with Crippen molar-refractivity contribution >= 4 is 11.5 Å². The van der Waals surface area contributed by atoms with Gasteiger partial charge in [0.15, 0.2) is 5.78 Å². The molecule has 0 spiro atoms. The van der Waals surface area contributed by atoms with Gasteiger partial charge in [0, 0.05) is 12.3 Å². The highest BCUT2D eigenvalue weighted by Gasteiger charge is 2.17. The Morgan fingerprint density at radius 1 is 1.69 bits per heavy atom. The highest BCUT2D eigenvalue weighted by molar-refractivity contribution is 6.03. The van der Waals surface area contributed by atoms with Crippen LogP contribution in [0.15, 0.2) is 16.6 Å². The quantitative estimate of drug-likeness (QED) is 0.640.